The maximum absolute atomic E-state index is 11.4. The van der Waals surface area contributed by atoms with Crippen molar-refractivity contribution in [1.29, 1.82) is 0 Å². The normalized spacial score (nSPS) is 14.6. The molecule has 1 saturated heterocycles. The molecule has 0 bridgehead atoms. The lowest BCUT2D eigenvalue weighted by molar-refractivity contribution is -0.129. The first kappa shape index (κ1) is 16.5. The third kappa shape index (κ3) is 3.94. The summed E-state index contributed by atoms with van der Waals surface area (Å²) in [5.41, 5.74) is 1.78. The quantitative estimate of drug-likeness (QED) is 0.926. The summed E-state index contributed by atoms with van der Waals surface area (Å²) in [5.74, 6) is 1.56. The molecule has 6 nitrogen and oxygen atoms in total. The van der Waals surface area contributed by atoms with E-state index in [2.05, 4.69) is 20.2 Å². The zero-order valence-corrected chi connectivity index (χ0v) is 14.5. The number of nitrogens with zero attached hydrogens (tertiary/aromatic N) is 4. The number of rotatable bonds is 3. The highest BCUT2D eigenvalue weighted by Crippen LogP contribution is 2.20. The van der Waals surface area contributed by atoms with E-state index < -0.39 is 0 Å². The van der Waals surface area contributed by atoms with Gasteiger partial charge in [-0.25, -0.2) is 4.98 Å². The Labute approximate surface area is 146 Å². The maximum atomic E-state index is 11.4. The molecule has 0 unspecified atom stereocenters. The van der Waals surface area contributed by atoms with Gasteiger partial charge in [-0.05, 0) is 31.2 Å². The summed E-state index contributed by atoms with van der Waals surface area (Å²) < 4.78 is 0. The van der Waals surface area contributed by atoms with Crippen LogP contribution in [-0.2, 0) is 4.79 Å². The number of hydrogen-bond acceptors (Lipinski definition) is 5. The van der Waals surface area contributed by atoms with E-state index in [1.807, 2.05) is 42.2 Å². The second-order valence-corrected chi connectivity index (χ2v) is 6.25. The summed E-state index contributed by atoms with van der Waals surface area (Å²) in [4.78, 5) is 24.5. The fraction of sp³-hybridized carbons (Fsp3) is 0.353. The van der Waals surface area contributed by atoms with Crippen LogP contribution in [0.3, 0.4) is 0 Å². The van der Waals surface area contributed by atoms with Gasteiger partial charge in [0.25, 0.3) is 0 Å². The molecule has 1 aliphatic rings. The summed E-state index contributed by atoms with van der Waals surface area (Å²) in [6.07, 6.45) is 0. The minimum atomic E-state index is 0.124. The van der Waals surface area contributed by atoms with Crippen molar-refractivity contribution in [2.24, 2.45) is 0 Å². The summed E-state index contributed by atoms with van der Waals surface area (Å²) in [6.45, 7) is 6.55. The first-order valence-electron chi connectivity index (χ1n) is 7.90. The zero-order valence-electron chi connectivity index (χ0n) is 13.8. The molecule has 0 atom stereocenters. The number of nitrogens with one attached hydrogen (secondary N) is 1. The van der Waals surface area contributed by atoms with Crippen molar-refractivity contribution in [3.63, 3.8) is 0 Å². The lowest BCUT2D eigenvalue weighted by Crippen LogP contribution is -2.48. The molecule has 1 aromatic heterocycles. The number of anilines is 3. The number of benzene rings is 1. The fourth-order valence-corrected chi connectivity index (χ4v) is 2.81. The van der Waals surface area contributed by atoms with E-state index in [0.717, 1.165) is 43.4 Å². The maximum Gasteiger partial charge on any atom is 0.229 e. The third-order valence-corrected chi connectivity index (χ3v) is 4.24. The Morgan fingerprint density at radius 3 is 2.42 bits per heavy atom. The zero-order chi connectivity index (χ0) is 17.1. The van der Waals surface area contributed by atoms with Crippen molar-refractivity contribution in [2.45, 2.75) is 13.8 Å². The minimum absolute atomic E-state index is 0.124. The highest BCUT2D eigenvalue weighted by Gasteiger charge is 2.20. The van der Waals surface area contributed by atoms with Gasteiger partial charge in [0, 0.05) is 55.6 Å². The Hall–Kier alpha value is -2.34. The first-order valence-corrected chi connectivity index (χ1v) is 8.28. The van der Waals surface area contributed by atoms with Crippen LogP contribution >= 0.6 is 11.6 Å². The summed E-state index contributed by atoms with van der Waals surface area (Å²) in [5, 5.41) is 3.90. The molecule has 3 rings (SSSR count). The van der Waals surface area contributed by atoms with Crippen LogP contribution in [0.5, 0.6) is 0 Å². The van der Waals surface area contributed by atoms with Crippen molar-refractivity contribution in [1.82, 2.24) is 14.9 Å². The van der Waals surface area contributed by atoms with Crippen LogP contribution in [0, 0.1) is 6.92 Å². The van der Waals surface area contributed by atoms with E-state index in [1.165, 1.54) is 0 Å². The van der Waals surface area contributed by atoms with Gasteiger partial charge in [-0.3, -0.25) is 4.79 Å². The van der Waals surface area contributed by atoms with Crippen molar-refractivity contribution < 1.29 is 4.79 Å². The van der Waals surface area contributed by atoms with Gasteiger partial charge in [0.2, 0.25) is 11.9 Å². The van der Waals surface area contributed by atoms with Crippen LogP contribution in [0.1, 0.15) is 12.6 Å². The molecule has 24 heavy (non-hydrogen) atoms. The van der Waals surface area contributed by atoms with Gasteiger partial charge >= 0.3 is 0 Å². The topological polar surface area (TPSA) is 61.4 Å². The van der Waals surface area contributed by atoms with Crippen LogP contribution in [-0.4, -0.2) is 47.0 Å². The second kappa shape index (κ2) is 7.05. The lowest BCUT2D eigenvalue weighted by Gasteiger charge is -2.35. The number of aryl methyl sites for hydroxylation is 1. The molecule has 2 heterocycles. The number of amides is 1. The van der Waals surface area contributed by atoms with Crippen LogP contribution in [0.15, 0.2) is 30.3 Å². The Morgan fingerprint density at radius 1 is 1.12 bits per heavy atom. The predicted molar refractivity (Wildman–Crippen MR) is 96.0 cm³/mol. The van der Waals surface area contributed by atoms with E-state index in [1.54, 1.807) is 6.92 Å². The Kier molecular flexibility index (Phi) is 4.85. The van der Waals surface area contributed by atoms with Gasteiger partial charge in [-0.2, -0.15) is 4.98 Å². The summed E-state index contributed by atoms with van der Waals surface area (Å²) in [6, 6.07) is 9.39. The minimum Gasteiger partial charge on any atom is -0.353 e. The van der Waals surface area contributed by atoms with Crippen LogP contribution in [0.25, 0.3) is 0 Å². The molecule has 7 heteroatoms. The van der Waals surface area contributed by atoms with Gasteiger partial charge in [0.1, 0.15) is 5.82 Å². The van der Waals surface area contributed by atoms with E-state index in [0.29, 0.717) is 11.0 Å². The first-order chi connectivity index (χ1) is 11.5. The predicted octanol–water partition coefficient (Wildman–Crippen LogP) is 2.85. The van der Waals surface area contributed by atoms with Crippen molar-refractivity contribution in [3.05, 3.63) is 41.0 Å². The summed E-state index contributed by atoms with van der Waals surface area (Å²) >= 11 is 5.91. The van der Waals surface area contributed by atoms with Gasteiger partial charge in [0.05, 0.1) is 0 Å². The standard InChI is InChI=1S/C17H20ClN5O/c1-12-11-16(23-9-7-22(8-10-23)13(2)24)21-17(19-12)20-15-5-3-14(18)4-6-15/h3-6,11H,7-10H2,1-2H3,(H,19,20,21). The lowest BCUT2D eigenvalue weighted by atomic mass is 10.3. The summed E-state index contributed by atoms with van der Waals surface area (Å²) in [7, 11) is 0. The number of piperazine rings is 1. The molecule has 1 aliphatic heterocycles. The molecular formula is C17H20ClN5O. The Morgan fingerprint density at radius 2 is 1.79 bits per heavy atom. The molecule has 1 amide bonds. The van der Waals surface area contributed by atoms with Gasteiger partial charge in [0.15, 0.2) is 0 Å². The molecule has 0 saturated carbocycles. The van der Waals surface area contributed by atoms with E-state index in [4.69, 9.17) is 11.6 Å². The highest BCUT2D eigenvalue weighted by atomic mass is 35.5. The molecule has 126 valence electrons. The molecule has 1 aromatic carbocycles. The molecule has 2 aromatic rings. The van der Waals surface area contributed by atoms with Crippen LogP contribution in [0.4, 0.5) is 17.5 Å². The molecule has 0 radical (unpaired) electrons. The largest absolute Gasteiger partial charge is 0.353 e. The van der Waals surface area contributed by atoms with Crippen LogP contribution in [0.2, 0.25) is 5.02 Å². The Bertz CT molecular complexity index is 726. The molecule has 1 fully saturated rings. The monoisotopic (exact) mass is 345 g/mol. The smallest absolute Gasteiger partial charge is 0.229 e. The molecular weight excluding hydrogens is 326 g/mol. The fourth-order valence-electron chi connectivity index (χ4n) is 2.68. The van der Waals surface area contributed by atoms with Gasteiger partial charge in [-0.15, -0.1) is 0 Å². The third-order valence-electron chi connectivity index (χ3n) is 3.99. The van der Waals surface area contributed by atoms with E-state index >= 15 is 0 Å². The average Bonchev–Trinajstić information content (AvgIpc) is 2.56. The van der Waals surface area contributed by atoms with Gasteiger partial charge < -0.3 is 15.1 Å². The van der Waals surface area contributed by atoms with Gasteiger partial charge in [-0.1, -0.05) is 11.6 Å². The van der Waals surface area contributed by atoms with E-state index in [9.17, 15) is 4.79 Å². The number of carbonyl (C=O) groups is 1. The number of halogens is 1. The van der Waals surface area contributed by atoms with Crippen molar-refractivity contribution >= 4 is 35.0 Å². The molecule has 0 aliphatic carbocycles. The van der Waals surface area contributed by atoms with Crippen molar-refractivity contribution in [2.75, 3.05) is 36.4 Å². The second-order valence-electron chi connectivity index (χ2n) is 5.82. The highest BCUT2D eigenvalue weighted by molar-refractivity contribution is 6.30. The van der Waals surface area contributed by atoms with Crippen LogP contribution < -0.4 is 10.2 Å². The average molecular weight is 346 g/mol. The van der Waals surface area contributed by atoms with E-state index in [-0.39, 0.29) is 5.91 Å². The molecule has 1 N–H and O–H groups in total. The SMILES string of the molecule is CC(=O)N1CCN(c2cc(C)nc(Nc3ccc(Cl)cc3)n2)CC1. The Balaban J connectivity index is 1.74. The number of hydrogen-bond donors (Lipinski definition) is 1. The van der Waals surface area contributed by atoms with Crippen molar-refractivity contribution in [3.8, 4) is 0 Å². The number of aromatic nitrogens is 2. The molecule has 0 spiro atoms. The number of carbonyl (C=O) groups excluding carboxylic acids is 1.